The summed E-state index contributed by atoms with van der Waals surface area (Å²) in [5.41, 5.74) is -0.244. The first-order valence-electron chi connectivity index (χ1n) is 16.5. The van der Waals surface area contributed by atoms with Crippen molar-refractivity contribution in [3.05, 3.63) is 80.5 Å². The SMILES string of the molecule is CCc1c(N2CCN(C(=O)c3ccccc3O)CC2)c(=O)n2nc(C3CCCCCC3)nc2n1CC(=O)Nc1ccc(C(F)(F)F)cc1Cl. The summed E-state index contributed by atoms with van der Waals surface area (Å²) in [4.78, 5) is 49.2. The van der Waals surface area contributed by atoms with Crippen molar-refractivity contribution in [2.24, 2.45) is 0 Å². The van der Waals surface area contributed by atoms with Crippen LogP contribution in [-0.2, 0) is 23.9 Å². The minimum absolute atomic E-state index is 0.0147. The Kier molecular flexibility index (Phi) is 9.87. The second kappa shape index (κ2) is 14.1. The van der Waals surface area contributed by atoms with Crippen molar-refractivity contribution in [2.75, 3.05) is 36.4 Å². The number of aromatic nitrogens is 4. The van der Waals surface area contributed by atoms with Crippen molar-refractivity contribution in [3.8, 4) is 5.75 Å². The Morgan fingerprint density at radius 2 is 1.71 bits per heavy atom. The lowest BCUT2D eigenvalue weighted by Crippen LogP contribution is -2.51. The Bertz CT molecular complexity index is 1930. The number of fused-ring (bicyclic) bond motifs is 1. The summed E-state index contributed by atoms with van der Waals surface area (Å²) in [7, 11) is 0. The van der Waals surface area contributed by atoms with Crippen molar-refractivity contribution < 1.29 is 27.9 Å². The van der Waals surface area contributed by atoms with Gasteiger partial charge in [0.2, 0.25) is 11.7 Å². The molecule has 15 heteroatoms. The van der Waals surface area contributed by atoms with Gasteiger partial charge in [0, 0.05) is 32.1 Å². The highest BCUT2D eigenvalue weighted by Crippen LogP contribution is 2.34. The number of para-hydroxylation sites is 1. The summed E-state index contributed by atoms with van der Waals surface area (Å²) in [5, 5.41) is 17.3. The molecule has 1 saturated carbocycles. The molecule has 4 aromatic rings. The molecule has 0 atom stereocenters. The maximum atomic E-state index is 14.2. The standard InChI is InChI=1S/C34H37ClF3N7O4/c1-2-26-29(42-15-17-43(18-16-42)31(48)23-11-7-8-12-27(23)46)32(49)45-33(40-30(41-45)21-9-5-3-4-6-10-21)44(26)20-28(47)39-25-14-13-22(19-24(25)35)34(36,37)38/h7-8,11-14,19,21,46H,2-6,9-10,15-18,20H2,1H3,(H,39,47). The zero-order chi connectivity index (χ0) is 34.9. The van der Waals surface area contributed by atoms with Crippen LogP contribution in [0.15, 0.2) is 47.3 Å². The van der Waals surface area contributed by atoms with E-state index in [1.807, 2.05) is 11.8 Å². The number of phenols is 1. The van der Waals surface area contributed by atoms with Gasteiger partial charge in [-0.1, -0.05) is 56.3 Å². The Labute approximate surface area is 285 Å². The van der Waals surface area contributed by atoms with E-state index in [2.05, 4.69) is 5.32 Å². The number of rotatable bonds is 7. The fourth-order valence-corrected chi connectivity index (χ4v) is 6.97. The summed E-state index contributed by atoms with van der Waals surface area (Å²) in [6.07, 6.45) is 1.81. The number of hydrogen-bond donors (Lipinski definition) is 2. The van der Waals surface area contributed by atoms with Crippen molar-refractivity contribution in [1.82, 2.24) is 24.1 Å². The third kappa shape index (κ3) is 7.10. The quantitative estimate of drug-likeness (QED) is 0.231. The van der Waals surface area contributed by atoms with E-state index in [0.717, 1.165) is 56.7 Å². The van der Waals surface area contributed by atoms with Gasteiger partial charge in [0.05, 0.1) is 27.5 Å². The average Bonchev–Trinajstić information content (AvgIpc) is 3.35. The largest absolute Gasteiger partial charge is 0.507 e. The van der Waals surface area contributed by atoms with Crippen LogP contribution in [0.2, 0.25) is 5.02 Å². The molecule has 2 fully saturated rings. The number of anilines is 2. The molecular formula is C34H37ClF3N7O4. The third-order valence-corrected chi connectivity index (χ3v) is 9.60. The zero-order valence-electron chi connectivity index (χ0n) is 27.0. The molecule has 49 heavy (non-hydrogen) atoms. The highest BCUT2D eigenvalue weighted by atomic mass is 35.5. The van der Waals surface area contributed by atoms with Gasteiger partial charge in [0.25, 0.3) is 11.5 Å². The zero-order valence-corrected chi connectivity index (χ0v) is 27.7. The maximum absolute atomic E-state index is 14.2. The predicted molar refractivity (Wildman–Crippen MR) is 178 cm³/mol. The van der Waals surface area contributed by atoms with E-state index in [9.17, 15) is 32.7 Å². The van der Waals surface area contributed by atoms with Gasteiger partial charge >= 0.3 is 6.18 Å². The number of benzene rings is 2. The smallest absolute Gasteiger partial charge is 0.416 e. The molecule has 1 aliphatic carbocycles. The third-order valence-electron chi connectivity index (χ3n) is 9.29. The Hall–Kier alpha value is -4.59. The molecule has 260 valence electrons. The minimum Gasteiger partial charge on any atom is -0.507 e. The molecule has 2 aromatic heterocycles. The molecule has 0 radical (unpaired) electrons. The number of carbonyl (C=O) groups is 2. The van der Waals surface area contributed by atoms with Crippen LogP contribution in [0, 0.1) is 0 Å². The lowest BCUT2D eigenvalue weighted by Gasteiger charge is -2.37. The number of hydrogen-bond acceptors (Lipinski definition) is 7. The van der Waals surface area contributed by atoms with Crippen molar-refractivity contribution in [3.63, 3.8) is 0 Å². The van der Waals surface area contributed by atoms with Crippen LogP contribution in [0.5, 0.6) is 5.75 Å². The number of nitrogens with zero attached hydrogens (tertiary/aromatic N) is 6. The highest BCUT2D eigenvalue weighted by Gasteiger charge is 2.32. The number of nitrogens with one attached hydrogen (secondary N) is 1. The van der Waals surface area contributed by atoms with E-state index in [1.165, 1.54) is 10.6 Å². The molecule has 0 spiro atoms. The Morgan fingerprint density at radius 1 is 1.02 bits per heavy atom. The van der Waals surface area contributed by atoms with Gasteiger partial charge in [0.15, 0.2) is 5.82 Å². The van der Waals surface area contributed by atoms with Gasteiger partial charge in [-0.25, -0.2) is 0 Å². The molecule has 2 aromatic carbocycles. The maximum Gasteiger partial charge on any atom is 0.416 e. The molecule has 2 amide bonds. The molecule has 0 unspecified atom stereocenters. The lowest BCUT2D eigenvalue weighted by molar-refractivity contribution is -0.137. The van der Waals surface area contributed by atoms with Gasteiger partial charge in [-0.05, 0) is 49.6 Å². The molecule has 2 N–H and O–H groups in total. The van der Waals surface area contributed by atoms with Crippen LogP contribution in [0.3, 0.4) is 0 Å². The van der Waals surface area contributed by atoms with Crippen molar-refractivity contribution >= 4 is 40.6 Å². The second-order valence-corrected chi connectivity index (χ2v) is 12.9. The summed E-state index contributed by atoms with van der Waals surface area (Å²) < 4.78 is 42.5. The highest BCUT2D eigenvalue weighted by molar-refractivity contribution is 6.33. The number of phenolic OH excluding ortho intramolecular Hbond substituents is 1. The number of aromatic hydroxyl groups is 1. The van der Waals surface area contributed by atoms with Gasteiger partial charge in [0.1, 0.15) is 18.0 Å². The van der Waals surface area contributed by atoms with Crippen LogP contribution in [0.25, 0.3) is 5.78 Å². The van der Waals surface area contributed by atoms with Gasteiger partial charge < -0.3 is 24.8 Å². The molecule has 6 rings (SSSR count). The minimum atomic E-state index is -4.59. The number of carbonyl (C=O) groups excluding carboxylic acids is 2. The number of alkyl halides is 3. The average molecular weight is 700 g/mol. The summed E-state index contributed by atoms with van der Waals surface area (Å²) in [6.45, 7) is 2.73. The van der Waals surface area contributed by atoms with E-state index in [4.69, 9.17) is 21.7 Å². The first-order chi connectivity index (χ1) is 23.5. The van der Waals surface area contributed by atoms with Crippen LogP contribution in [-0.4, -0.2) is 67.2 Å². The van der Waals surface area contributed by atoms with Crippen molar-refractivity contribution in [2.45, 2.75) is 70.5 Å². The molecule has 2 aliphatic rings. The summed E-state index contributed by atoms with van der Waals surface area (Å²) in [5.74, 6) is -0.201. The first kappa shape index (κ1) is 34.3. The molecule has 1 aliphatic heterocycles. The van der Waals surface area contributed by atoms with E-state index >= 15 is 0 Å². The topological polar surface area (TPSA) is 125 Å². The fourth-order valence-electron chi connectivity index (χ4n) is 6.74. The number of piperazine rings is 1. The van der Waals surface area contributed by atoms with Gasteiger partial charge in [-0.3, -0.25) is 14.4 Å². The van der Waals surface area contributed by atoms with Crippen LogP contribution >= 0.6 is 11.6 Å². The van der Waals surface area contributed by atoms with E-state index in [1.54, 1.807) is 27.7 Å². The van der Waals surface area contributed by atoms with E-state index in [-0.39, 0.29) is 64.8 Å². The van der Waals surface area contributed by atoms with Crippen LogP contribution in [0.4, 0.5) is 24.5 Å². The van der Waals surface area contributed by atoms with Crippen LogP contribution in [0.1, 0.15) is 78.8 Å². The summed E-state index contributed by atoms with van der Waals surface area (Å²) in [6, 6.07) is 9.04. The first-order valence-corrected chi connectivity index (χ1v) is 16.8. The molecule has 11 nitrogen and oxygen atoms in total. The number of amides is 2. The molecule has 3 heterocycles. The lowest BCUT2D eigenvalue weighted by atomic mass is 10.00. The number of halogens is 4. The normalized spacial score (nSPS) is 16.2. The molecular weight excluding hydrogens is 663 g/mol. The summed E-state index contributed by atoms with van der Waals surface area (Å²) >= 11 is 6.13. The Balaban J connectivity index is 1.35. The predicted octanol–water partition coefficient (Wildman–Crippen LogP) is 5.87. The van der Waals surface area contributed by atoms with Crippen LogP contribution < -0.4 is 15.8 Å². The van der Waals surface area contributed by atoms with Gasteiger partial charge in [-0.2, -0.15) is 22.7 Å². The second-order valence-electron chi connectivity index (χ2n) is 12.4. The molecule has 1 saturated heterocycles. The monoisotopic (exact) mass is 699 g/mol. The van der Waals surface area contributed by atoms with Gasteiger partial charge in [-0.15, -0.1) is 5.10 Å². The molecule has 0 bridgehead atoms. The van der Waals surface area contributed by atoms with Crippen molar-refractivity contribution in [1.29, 1.82) is 0 Å². The van der Waals surface area contributed by atoms with E-state index in [0.29, 0.717) is 36.7 Å². The fraction of sp³-hybridized carbons (Fsp3) is 0.441. The van der Waals surface area contributed by atoms with E-state index < -0.39 is 17.6 Å². The Morgan fingerprint density at radius 3 is 2.35 bits per heavy atom.